The Morgan fingerprint density at radius 1 is 1.41 bits per heavy atom. The van der Waals surface area contributed by atoms with Gasteiger partial charge in [0.1, 0.15) is 0 Å². The molecule has 0 saturated carbocycles. The van der Waals surface area contributed by atoms with E-state index in [9.17, 15) is 0 Å². The van der Waals surface area contributed by atoms with Gasteiger partial charge in [0.15, 0.2) is 5.84 Å². The van der Waals surface area contributed by atoms with E-state index < -0.39 is 0 Å². The third kappa shape index (κ3) is 4.75. The normalized spacial score (nSPS) is 12.3. The van der Waals surface area contributed by atoms with Crippen LogP contribution in [-0.2, 0) is 13.0 Å². The van der Waals surface area contributed by atoms with Gasteiger partial charge in [0, 0.05) is 16.3 Å². The van der Waals surface area contributed by atoms with Crippen molar-refractivity contribution in [3.8, 4) is 0 Å². The Hall–Kier alpha value is -1.07. The number of thiophene rings is 1. The minimum absolute atomic E-state index is 0.269. The van der Waals surface area contributed by atoms with Crippen molar-refractivity contribution < 1.29 is 5.21 Å². The highest BCUT2D eigenvalue weighted by molar-refractivity contribution is 7.11. The molecule has 0 fully saturated rings. The first-order chi connectivity index (χ1) is 8.19. The zero-order valence-corrected chi connectivity index (χ0v) is 11.3. The van der Waals surface area contributed by atoms with E-state index in [0.29, 0.717) is 6.54 Å². The smallest absolute Gasteiger partial charge is 0.153 e. The van der Waals surface area contributed by atoms with Gasteiger partial charge in [0.2, 0.25) is 0 Å². The van der Waals surface area contributed by atoms with E-state index in [1.807, 2.05) is 11.3 Å². The monoisotopic (exact) mass is 255 g/mol. The quantitative estimate of drug-likeness (QED) is 0.340. The van der Waals surface area contributed by atoms with Crippen LogP contribution in [0, 0.1) is 0 Å². The summed E-state index contributed by atoms with van der Waals surface area (Å²) < 4.78 is 0. The highest BCUT2D eigenvalue weighted by atomic mass is 32.1. The van der Waals surface area contributed by atoms with Gasteiger partial charge in [-0.2, -0.15) is 0 Å². The first-order valence-electron chi connectivity index (χ1n) is 5.95. The lowest BCUT2D eigenvalue weighted by atomic mass is 10.3. The van der Waals surface area contributed by atoms with Gasteiger partial charge in [0.05, 0.1) is 6.54 Å². The Morgan fingerprint density at radius 2 is 2.12 bits per heavy atom. The largest absolute Gasteiger partial charge is 0.409 e. The van der Waals surface area contributed by atoms with Gasteiger partial charge < -0.3 is 10.9 Å². The number of nitrogens with zero attached hydrogens (tertiary/aromatic N) is 2. The molecule has 0 aliphatic carbocycles. The molecule has 17 heavy (non-hydrogen) atoms. The maximum absolute atomic E-state index is 8.60. The van der Waals surface area contributed by atoms with Crippen molar-refractivity contribution in [1.29, 1.82) is 0 Å². The second kappa shape index (κ2) is 7.29. The molecule has 0 saturated heterocycles. The van der Waals surface area contributed by atoms with Gasteiger partial charge in [-0.15, -0.1) is 11.3 Å². The number of oxime groups is 1. The zero-order valence-electron chi connectivity index (χ0n) is 10.5. The number of aryl methyl sites for hydroxylation is 1. The minimum atomic E-state index is 0.269. The molecule has 0 unspecified atom stereocenters. The second-order valence-corrected chi connectivity index (χ2v) is 5.28. The number of nitrogens with two attached hydrogens (primary N) is 1. The first kappa shape index (κ1) is 14.0. The zero-order chi connectivity index (χ0) is 12.7. The van der Waals surface area contributed by atoms with E-state index in [-0.39, 0.29) is 5.84 Å². The fraction of sp³-hybridized carbons (Fsp3) is 0.583. The Kier molecular flexibility index (Phi) is 6.00. The molecule has 0 aromatic carbocycles. The molecular weight excluding hydrogens is 234 g/mol. The molecule has 0 atom stereocenters. The summed E-state index contributed by atoms with van der Waals surface area (Å²) in [5.74, 6) is 0.269. The molecule has 1 aromatic heterocycles. The fourth-order valence-corrected chi connectivity index (χ4v) is 2.71. The van der Waals surface area contributed by atoms with Crippen LogP contribution in [0.3, 0.4) is 0 Å². The lowest BCUT2D eigenvalue weighted by molar-refractivity contribution is 0.287. The van der Waals surface area contributed by atoms with E-state index in [1.165, 1.54) is 9.75 Å². The molecule has 0 aliphatic rings. The molecule has 0 radical (unpaired) electrons. The van der Waals surface area contributed by atoms with Crippen LogP contribution in [0.5, 0.6) is 0 Å². The van der Waals surface area contributed by atoms with Gasteiger partial charge in [-0.1, -0.05) is 19.0 Å². The molecule has 3 N–H and O–H groups in total. The summed E-state index contributed by atoms with van der Waals surface area (Å²) in [6.45, 7) is 6.63. The maximum Gasteiger partial charge on any atom is 0.153 e. The minimum Gasteiger partial charge on any atom is -0.409 e. The SMILES string of the molecule is CCCN(CC(N)=NO)Cc1ccc(CC)s1. The lowest BCUT2D eigenvalue weighted by Crippen LogP contribution is -2.33. The summed E-state index contributed by atoms with van der Waals surface area (Å²) in [5, 5.41) is 11.6. The summed E-state index contributed by atoms with van der Waals surface area (Å²) >= 11 is 1.84. The molecule has 4 nitrogen and oxygen atoms in total. The van der Waals surface area contributed by atoms with Crippen molar-refractivity contribution in [2.75, 3.05) is 13.1 Å². The van der Waals surface area contributed by atoms with E-state index in [1.54, 1.807) is 0 Å². The number of rotatable bonds is 7. The van der Waals surface area contributed by atoms with Crippen molar-refractivity contribution in [2.45, 2.75) is 33.2 Å². The predicted octanol–water partition coefficient (Wildman–Crippen LogP) is 2.27. The summed E-state index contributed by atoms with van der Waals surface area (Å²) in [6.07, 6.45) is 2.14. The summed E-state index contributed by atoms with van der Waals surface area (Å²) in [5.41, 5.74) is 5.55. The molecule has 1 aromatic rings. The third-order valence-electron chi connectivity index (χ3n) is 2.50. The van der Waals surface area contributed by atoms with Gasteiger partial charge >= 0.3 is 0 Å². The van der Waals surface area contributed by atoms with Crippen molar-refractivity contribution in [3.05, 3.63) is 21.9 Å². The lowest BCUT2D eigenvalue weighted by Gasteiger charge is -2.19. The Balaban J connectivity index is 2.59. The maximum atomic E-state index is 8.60. The molecule has 0 bridgehead atoms. The van der Waals surface area contributed by atoms with Crippen molar-refractivity contribution in [1.82, 2.24) is 4.90 Å². The molecule has 0 spiro atoms. The van der Waals surface area contributed by atoms with Crippen LogP contribution in [0.15, 0.2) is 17.3 Å². The molecule has 96 valence electrons. The Bertz CT molecular complexity index is 362. The van der Waals surface area contributed by atoms with Crippen molar-refractivity contribution >= 4 is 17.2 Å². The van der Waals surface area contributed by atoms with Gasteiger partial charge in [0.25, 0.3) is 0 Å². The molecular formula is C12H21N3OS. The Morgan fingerprint density at radius 3 is 2.65 bits per heavy atom. The molecule has 5 heteroatoms. The summed E-state index contributed by atoms with van der Waals surface area (Å²) in [4.78, 5) is 4.93. The topological polar surface area (TPSA) is 61.8 Å². The molecule has 1 heterocycles. The van der Waals surface area contributed by atoms with Gasteiger partial charge in [-0.3, -0.25) is 4.90 Å². The van der Waals surface area contributed by atoms with Crippen LogP contribution < -0.4 is 5.73 Å². The van der Waals surface area contributed by atoms with Crippen LogP contribution in [0.2, 0.25) is 0 Å². The number of amidine groups is 1. The van der Waals surface area contributed by atoms with E-state index >= 15 is 0 Å². The summed E-state index contributed by atoms with van der Waals surface area (Å²) in [7, 11) is 0. The van der Waals surface area contributed by atoms with E-state index in [4.69, 9.17) is 10.9 Å². The Labute approximate surface area is 107 Å². The van der Waals surface area contributed by atoms with Crippen LogP contribution >= 0.6 is 11.3 Å². The molecule has 0 amide bonds. The van der Waals surface area contributed by atoms with E-state index in [2.05, 4.69) is 36.0 Å². The number of hydrogen-bond acceptors (Lipinski definition) is 4. The molecule has 0 aliphatic heterocycles. The molecule has 1 rings (SSSR count). The van der Waals surface area contributed by atoms with Gasteiger partial charge in [-0.25, -0.2) is 0 Å². The van der Waals surface area contributed by atoms with Crippen LogP contribution in [0.1, 0.15) is 30.0 Å². The average molecular weight is 255 g/mol. The van der Waals surface area contributed by atoms with Crippen LogP contribution in [0.4, 0.5) is 0 Å². The highest BCUT2D eigenvalue weighted by Gasteiger charge is 2.09. The summed E-state index contributed by atoms with van der Waals surface area (Å²) in [6, 6.07) is 4.34. The predicted molar refractivity (Wildman–Crippen MR) is 72.7 cm³/mol. The second-order valence-electron chi connectivity index (χ2n) is 4.02. The standard InChI is InChI=1S/C12H21N3OS/c1-3-7-15(9-12(13)14-16)8-11-6-5-10(4-2)17-11/h5-6,16H,3-4,7-9H2,1-2H3,(H2,13,14). The first-order valence-corrected chi connectivity index (χ1v) is 6.77. The highest BCUT2D eigenvalue weighted by Crippen LogP contribution is 2.18. The van der Waals surface area contributed by atoms with Crippen LogP contribution in [0.25, 0.3) is 0 Å². The third-order valence-corrected chi connectivity index (χ3v) is 3.71. The number of hydrogen-bond donors (Lipinski definition) is 2. The van der Waals surface area contributed by atoms with Crippen LogP contribution in [-0.4, -0.2) is 29.0 Å². The van der Waals surface area contributed by atoms with Crippen molar-refractivity contribution in [3.63, 3.8) is 0 Å². The fourth-order valence-electron chi connectivity index (χ4n) is 1.71. The van der Waals surface area contributed by atoms with Gasteiger partial charge in [-0.05, 0) is 31.5 Å². The average Bonchev–Trinajstić information content (AvgIpc) is 2.77. The van der Waals surface area contributed by atoms with Crippen molar-refractivity contribution in [2.24, 2.45) is 10.9 Å². The van der Waals surface area contributed by atoms with E-state index in [0.717, 1.165) is 25.9 Å².